The van der Waals surface area contributed by atoms with E-state index in [1.54, 1.807) is 0 Å². The lowest BCUT2D eigenvalue weighted by atomic mass is 10.5. The fourth-order valence-corrected chi connectivity index (χ4v) is 0.591. The molecule has 10 heavy (non-hydrogen) atoms. The Bertz CT molecular complexity index is 95.7. The van der Waals surface area contributed by atoms with Crippen LogP contribution in [0.15, 0.2) is 0 Å². The Kier molecular flexibility index (Phi) is 9.27. The van der Waals surface area contributed by atoms with Crippen molar-refractivity contribution < 1.29 is 17.3 Å². The third-order valence-corrected chi connectivity index (χ3v) is 1.14. The molecule has 0 spiro atoms. The number of quaternary nitrogens is 1. The molecule has 0 aliphatic carbocycles. The summed E-state index contributed by atoms with van der Waals surface area (Å²) in [5.41, 5.74) is 0. The molecular formula is C6H15ClN2S. The number of hydrogen-bond donors (Lipinski definition) is 2. The molecule has 0 fully saturated rings. The third kappa shape index (κ3) is 11.0. The lowest BCUT2D eigenvalue weighted by Gasteiger charge is -2.07. The highest BCUT2D eigenvalue weighted by Crippen LogP contribution is 1.62. The molecule has 0 saturated carbocycles. The maximum absolute atomic E-state index is 4.83. The Morgan fingerprint density at radius 2 is 2.00 bits per heavy atom. The highest BCUT2D eigenvalue weighted by atomic mass is 35.5. The molecule has 2 nitrogen and oxygen atoms in total. The van der Waals surface area contributed by atoms with Gasteiger partial charge in [0.2, 0.25) is 0 Å². The molecule has 0 saturated heterocycles. The minimum atomic E-state index is 0. The maximum Gasteiger partial charge on any atom is 0.0942 e. The van der Waals surface area contributed by atoms with E-state index in [1.165, 1.54) is 4.90 Å². The largest absolute Gasteiger partial charge is 1.00 e. The Balaban J connectivity index is 0. The monoisotopic (exact) mass is 182 g/mol. The number of likely N-dealkylation sites (N-methyl/N-ethyl adjacent to an activating group) is 1. The lowest BCUT2D eigenvalue weighted by Crippen LogP contribution is -3.06. The van der Waals surface area contributed by atoms with E-state index >= 15 is 0 Å². The Morgan fingerprint density at radius 1 is 1.50 bits per heavy atom. The summed E-state index contributed by atoms with van der Waals surface area (Å²) in [7, 11) is 4.25. The summed E-state index contributed by atoms with van der Waals surface area (Å²) in [6, 6.07) is 0. The van der Waals surface area contributed by atoms with Gasteiger partial charge in [0.1, 0.15) is 0 Å². The van der Waals surface area contributed by atoms with E-state index in [0.29, 0.717) is 0 Å². The van der Waals surface area contributed by atoms with Gasteiger partial charge in [0.25, 0.3) is 0 Å². The van der Waals surface area contributed by atoms with Crippen molar-refractivity contribution in [2.24, 2.45) is 0 Å². The SMILES string of the molecule is CC(=S)NCC[NH+](C)C.[Cl-]. The summed E-state index contributed by atoms with van der Waals surface area (Å²) in [6.07, 6.45) is 0. The van der Waals surface area contributed by atoms with E-state index in [4.69, 9.17) is 12.2 Å². The molecule has 0 amide bonds. The van der Waals surface area contributed by atoms with Crippen molar-refractivity contribution in [2.45, 2.75) is 6.92 Å². The molecule has 0 radical (unpaired) electrons. The molecule has 0 aliphatic heterocycles. The summed E-state index contributed by atoms with van der Waals surface area (Å²) in [5, 5.41) is 3.09. The molecule has 2 N–H and O–H groups in total. The molecule has 0 atom stereocenters. The molecule has 0 aromatic carbocycles. The average molecular weight is 183 g/mol. The van der Waals surface area contributed by atoms with Crippen molar-refractivity contribution in [1.29, 1.82) is 0 Å². The molecule has 0 aromatic rings. The quantitative estimate of drug-likeness (QED) is 0.434. The number of nitrogens with one attached hydrogen (secondary N) is 2. The van der Waals surface area contributed by atoms with Crippen LogP contribution in [0.25, 0.3) is 0 Å². The molecule has 4 heteroatoms. The van der Waals surface area contributed by atoms with Crippen LogP contribution in [-0.4, -0.2) is 32.2 Å². The summed E-state index contributed by atoms with van der Waals surface area (Å²) in [4.78, 5) is 2.33. The van der Waals surface area contributed by atoms with Crippen LogP contribution < -0.4 is 22.6 Å². The summed E-state index contributed by atoms with van der Waals surface area (Å²) in [6.45, 7) is 4.01. The molecule has 0 bridgehead atoms. The number of hydrogen-bond acceptors (Lipinski definition) is 1. The second kappa shape index (κ2) is 7.25. The molecular weight excluding hydrogens is 168 g/mol. The molecule has 0 aliphatic rings. The van der Waals surface area contributed by atoms with E-state index in [9.17, 15) is 0 Å². The van der Waals surface area contributed by atoms with Gasteiger partial charge < -0.3 is 22.6 Å². The fourth-order valence-electron chi connectivity index (χ4n) is 0.489. The topological polar surface area (TPSA) is 16.5 Å². The summed E-state index contributed by atoms with van der Waals surface area (Å²) >= 11 is 4.83. The van der Waals surface area contributed by atoms with Crippen LogP contribution in [0.1, 0.15) is 6.92 Å². The first-order chi connectivity index (χ1) is 4.13. The van der Waals surface area contributed by atoms with Crippen LogP contribution in [0, 0.1) is 0 Å². The van der Waals surface area contributed by atoms with Gasteiger partial charge in [0.05, 0.1) is 32.2 Å². The van der Waals surface area contributed by atoms with Crippen molar-refractivity contribution in [3.63, 3.8) is 0 Å². The van der Waals surface area contributed by atoms with Crippen LogP contribution in [0.2, 0.25) is 0 Å². The molecule has 0 heterocycles. The fraction of sp³-hybridized carbons (Fsp3) is 0.833. The average Bonchev–Trinajstić information content (AvgIpc) is 1.63. The number of halogens is 1. The van der Waals surface area contributed by atoms with Crippen molar-refractivity contribution >= 4 is 17.2 Å². The van der Waals surface area contributed by atoms with Gasteiger partial charge in [-0.05, 0) is 6.92 Å². The van der Waals surface area contributed by atoms with Crippen molar-refractivity contribution in [3.05, 3.63) is 0 Å². The Labute approximate surface area is 74.4 Å². The predicted octanol–water partition coefficient (Wildman–Crippen LogP) is -3.93. The van der Waals surface area contributed by atoms with Gasteiger partial charge in [-0.3, -0.25) is 0 Å². The highest BCUT2D eigenvalue weighted by Gasteiger charge is 1.90. The second-order valence-electron chi connectivity index (χ2n) is 2.44. The molecule has 0 aromatic heterocycles. The normalized spacial score (nSPS) is 8.80. The van der Waals surface area contributed by atoms with Crippen LogP contribution in [-0.2, 0) is 0 Å². The first-order valence-corrected chi connectivity index (χ1v) is 3.57. The van der Waals surface area contributed by atoms with E-state index in [-0.39, 0.29) is 12.4 Å². The van der Waals surface area contributed by atoms with Crippen LogP contribution in [0.5, 0.6) is 0 Å². The van der Waals surface area contributed by atoms with Gasteiger partial charge in [-0.1, -0.05) is 12.2 Å². The predicted molar refractivity (Wildman–Crippen MR) is 44.0 cm³/mol. The van der Waals surface area contributed by atoms with Gasteiger partial charge in [-0.2, -0.15) is 0 Å². The van der Waals surface area contributed by atoms with E-state index in [2.05, 4.69) is 19.4 Å². The molecule has 0 rings (SSSR count). The van der Waals surface area contributed by atoms with Gasteiger partial charge in [-0.25, -0.2) is 0 Å². The number of thiocarbonyl (C=S) groups is 1. The van der Waals surface area contributed by atoms with Crippen molar-refractivity contribution in [3.8, 4) is 0 Å². The third-order valence-electron chi connectivity index (χ3n) is 0.999. The maximum atomic E-state index is 4.83. The first-order valence-electron chi connectivity index (χ1n) is 3.16. The van der Waals surface area contributed by atoms with Gasteiger partial charge in [0.15, 0.2) is 0 Å². The van der Waals surface area contributed by atoms with E-state index in [1.807, 2.05) is 6.92 Å². The second-order valence-corrected chi connectivity index (χ2v) is 3.05. The van der Waals surface area contributed by atoms with E-state index < -0.39 is 0 Å². The molecule has 62 valence electrons. The highest BCUT2D eigenvalue weighted by molar-refractivity contribution is 7.80. The van der Waals surface area contributed by atoms with E-state index in [0.717, 1.165) is 18.1 Å². The van der Waals surface area contributed by atoms with Gasteiger partial charge >= 0.3 is 0 Å². The van der Waals surface area contributed by atoms with Crippen molar-refractivity contribution in [1.82, 2.24) is 5.32 Å². The smallest absolute Gasteiger partial charge is 0.0942 e. The van der Waals surface area contributed by atoms with Crippen LogP contribution in [0.4, 0.5) is 0 Å². The Morgan fingerprint density at radius 3 is 2.30 bits per heavy atom. The standard InChI is InChI=1S/C6H14N2S.ClH/c1-6(9)7-4-5-8(2)3;/h4-5H2,1-3H3,(H,7,9);1H. The summed E-state index contributed by atoms with van der Waals surface area (Å²) in [5.74, 6) is 0. The van der Waals surface area contributed by atoms with Gasteiger partial charge in [0, 0.05) is 0 Å². The minimum Gasteiger partial charge on any atom is -1.00 e. The zero-order valence-electron chi connectivity index (χ0n) is 6.70. The zero-order chi connectivity index (χ0) is 7.28. The Hall–Kier alpha value is 0.140. The first kappa shape index (κ1) is 12.8. The number of rotatable bonds is 3. The van der Waals surface area contributed by atoms with Crippen LogP contribution >= 0.6 is 12.2 Å². The van der Waals surface area contributed by atoms with Crippen molar-refractivity contribution in [2.75, 3.05) is 27.2 Å². The van der Waals surface area contributed by atoms with Gasteiger partial charge in [-0.15, -0.1) is 0 Å². The minimum absolute atomic E-state index is 0. The summed E-state index contributed by atoms with van der Waals surface area (Å²) < 4.78 is 0. The van der Waals surface area contributed by atoms with Crippen LogP contribution in [0.3, 0.4) is 0 Å². The zero-order valence-corrected chi connectivity index (χ0v) is 8.27. The molecule has 0 unspecified atom stereocenters. The lowest BCUT2D eigenvalue weighted by molar-refractivity contribution is -0.856.